The Morgan fingerprint density at radius 1 is 0.778 bits per heavy atom. The number of hydroxylamine groups is 1. The number of alkyl carbamates (subject to hydrolysis) is 1. The first-order chi connectivity index (χ1) is 17.5. The zero-order chi connectivity index (χ0) is 26.7. The molecule has 0 saturated carbocycles. The molecule has 0 spiro atoms. The van der Waals surface area contributed by atoms with Crippen molar-refractivity contribution >= 4 is 23.9 Å². The average Bonchev–Trinajstić information content (AvgIpc) is 2.87. The first kappa shape index (κ1) is 32.3. The number of nitrogens with one attached hydrogen (secondary N) is 2. The standard InChI is InChI=1S/C27H38N2O7/c1-2-3-4-5-6-7-8-9-10-11-12-13-14-15-16-17-18-19-25(31)35-23-22-28-27(33)36-26(32)21-20-24(30)29-34/h3-4,6-7,9-10,12-13,15-16,20-21,34H,2,5,8,11,14,17-19,22-23H2,1H3,(H,28,33)(H,29,30)/b4-3-,7-6-,10-9-,13-12-,16-15-,21-20+. The normalized spacial score (nSPS) is 11.9. The summed E-state index contributed by atoms with van der Waals surface area (Å²) in [4.78, 5) is 44.9. The number of hydrogen-bond acceptors (Lipinski definition) is 7. The van der Waals surface area contributed by atoms with Gasteiger partial charge in [-0.2, -0.15) is 0 Å². The molecular weight excluding hydrogens is 464 g/mol. The molecule has 198 valence electrons. The quantitative estimate of drug-likeness (QED) is 0.0468. The summed E-state index contributed by atoms with van der Waals surface area (Å²) in [6, 6.07) is 0. The topological polar surface area (TPSA) is 131 Å². The second-order valence-electron chi connectivity index (χ2n) is 7.27. The van der Waals surface area contributed by atoms with E-state index in [2.05, 4.69) is 71.7 Å². The van der Waals surface area contributed by atoms with Crippen LogP contribution in [0.25, 0.3) is 0 Å². The van der Waals surface area contributed by atoms with E-state index in [4.69, 9.17) is 9.94 Å². The Hall–Kier alpha value is -3.72. The first-order valence-electron chi connectivity index (χ1n) is 12.0. The van der Waals surface area contributed by atoms with Gasteiger partial charge in [0.2, 0.25) is 0 Å². The highest BCUT2D eigenvalue weighted by Gasteiger charge is 2.08. The van der Waals surface area contributed by atoms with Gasteiger partial charge in [-0.3, -0.25) is 14.8 Å². The number of unbranched alkanes of at least 4 members (excludes halogenated alkanes) is 1. The van der Waals surface area contributed by atoms with E-state index in [-0.39, 0.29) is 25.5 Å². The molecule has 0 aromatic rings. The van der Waals surface area contributed by atoms with Crippen molar-refractivity contribution < 1.29 is 33.9 Å². The van der Waals surface area contributed by atoms with E-state index in [1.54, 1.807) is 0 Å². The van der Waals surface area contributed by atoms with Gasteiger partial charge < -0.3 is 14.8 Å². The van der Waals surface area contributed by atoms with Gasteiger partial charge in [-0.1, -0.05) is 67.7 Å². The average molecular weight is 503 g/mol. The Morgan fingerprint density at radius 2 is 1.33 bits per heavy atom. The summed E-state index contributed by atoms with van der Waals surface area (Å²) >= 11 is 0. The summed E-state index contributed by atoms with van der Waals surface area (Å²) in [5.41, 5.74) is 1.28. The number of carbonyl (C=O) groups excluding carboxylic acids is 4. The monoisotopic (exact) mass is 502 g/mol. The Morgan fingerprint density at radius 3 is 1.89 bits per heavy atom. The van der Waals surface area contributed by atoms with Gasteiger partial charge in [0, 0.05) is 18.6 Å². The van der Waals surface area contributed by atoms with Crippen molar-refractivity contribution in [1.82, 2.24) is 10.8 Å². The summed E-state index contributed by atoms with van der Waals surface area (Å²) in [6.07, 6.45) is 28.1. The molecule has 0 aliphatic rings. The second-order valence-corrected chi connectivity index (χ2v) is 7.27. The van der Waals surface area contributed by atoms with Crippen molar-refractivity contribution in [2.45, 2.75) is 58.3 Å². The predicted octanol–water partition coefficient (Wildman–Crippen LogP) is 4.77. The highest BCUT2D eigenvalue weighted by atomic mass is 16.6. The van der Waals surface area contributed by atoms with Crippen molar-refractivity contribution in [2.24, 2.45) is 0 Å². The van der Waals surface area contributed by atoms with Gasteiger partial charge in [0.05, 0.1) is 6.54 Å². The lowest BCUT2D eigenvalue weighted by Gasteiger charge is -2.05. The maximum Gasteiger partial charge on any atom is 0.415 e. The van der Waals surface area contributed by atoms with Gasteiger partial charge in [0.1, 0.15) is 6.61 Å². The van der Waals surface area contributed by atoms with Crippen molar-refractivity contribution in [3.8, 4) is 0 Å². The lowest BCUT2D eigenvalue weighted by atomic mass is 10.2. The van der Waals surface area contributed by atoms with Crippen LogP contribution in [-0.2, 0) is 23.9 Å². The Balaban J connectivity index is 3.68. The molecule has 3 N–H and O–H groups in total. The molecule has 9 nitrogen and oxygen atoms in total. The van der Waals surface area contributed by atoms with Gasteiger partial charge >= 0.3 is 18.0 Å². The van der Waals surface area contributed by atoms with E-state index in [1.807, 2.05) is 6.08 Å². The molecule has 0 atom stereocenters. The molecular formula is C27H38N2O7. The van der Waals surface area contributed by atoms with Crippen LogP contribution in [0.3, 0.4) is 0 Å². The fourth-order valence-corrected chi connectivity index (χ4v) is 2.47. The molecule has 0 unspecified atom stereocenters. The summed E-state index contributed by atoms with van der Waals surface area (Å²) in [5.74, 6) is -2.42. The Bertz CT molecular complexity index is 824. The fraction of sp³-hybridized carbons (Fsp3) is 0.407. The third-order valence-electron chi connectivity index (χ3n) is 4.22. The van der Waals surface area contributed by atoms with Crippen LogP contribution in [0.1, 0.15) is 58.3 Å². The van der Waals surface area contributed by atoms with Crippen LogP contribution < -0.4 is 10.8 Å². The molecule has 0 rings (SSSR count). The second kappa shape index (κ2) is 24.4. The zero-order valence-electron chi connectivity index (χ0n) is 20.9. The lowest BCUT2D eigenvalue weighted by molar-refractivity contribution is -0.143. The van der Waals surface area contributed by atoms with Crippen LogP contribution >= 0.6 is 0 Å². The van der Waals surface area contributed by atoms with E-state index in [0.29, 0.717) is 18.6 Å². The van der Waals surface area contributed by atoms with Crippen LogP contribution in [0.4, 0.5) is 4.79 Å². The van der Waals surface area contributed by atoms with Gasteiger partial charge in [-0.15, -0.1) is 0 Å². The van der Waals surface area contributed by atoms with Crippen molar-refractivity contribution in [1.29, 1.82) is 0 Å². The smallest absolute Gasteiger partial charge is 0.415 e. The van der Waals surface area contributed by atoms with E-state index in [1.165, 1.54) is 5.48 Å². The molecule has 0 fully saturated rings. The maximum absolute atomic E-state index is 11.7. The van der Waals surface area contributed by atoms with Crippen molar-refractivity contribution in [3.05, 3.63) is 72.9 Å². The van der Waals surface area contributed by atoms with Gasteiger partial charge in [-0.05, 0) is 44.9 Å². The van der Waals surface area contributed by atoms with Gasteiger partial charge in [-0.25, -0.2) is 15.1 Å². The molecule has 0 radical (unpaired) electrons. The zero-order valence-corrected chi connectivity index (χ0v) is 20.9. The molecule has 36 heavy (non-hydrogen) atoms. The molecule has 0 saturated heterocycles. The van der Waals surface area contributed by atoms with Crippen LogP contribution in [0.5, 0.6) is 0 Å². The first-order valence-corrected chi connectivity index (χ1v) is 12.0. The number of esters is 2. The predicted molar refractivity (Wildman–Crippen MR) is 138 cm³/mol. The third kappa shape index (κ3) is 23.4. The van der Waals surface area contributed by atoms with Crippen molar-refractivity contribution in [2.75, 3.05) is 13.2 Å². The van der Waals surface area contributed by atoms with E-state index in [9.17, 15) is 19.2 Å². The minimum Gasteiger partial charge on any atom is -0.464 e. The van der Waals surface area contributed by atoms with E-state index < -0.39 is 18.0 Å². The minimum absolute atomic E-state index is 0.0343. The largest absolute Gasteiger partial charge is 0.464 e. The van der Waals surface area contributed by atoms with Crippen LogP contribution in [-0.4, -0.2) is 42.3 Å². The Labute approximate surface area is 213 Å². The van der Waals surface area contributed by atoms with Gasteiger partial charge in [0.25, 0.3) is 5.91 Å². The maximum atomic E-state index is 11.7. The molecule has 0 aliphatic heterocycles. The SMILES string of the molecule is CC/C=C\C/C=C\C/C=C\C/C=C\C/C=C\CCCC(=O)OCCNC(=O)OC(=O)/C=C/C(=O)NO. The number of hydrogen-bond donors (Lipinski definition) is 3. The lowest BCUT2D eigenvalue weighted by Crippen LogP contribution is -2.30. The van der Waals surface area contributed by atoms with Crippen LogP contribution in [0.2, 0.25) is 0 Å². The number of amides is 2. The minimum atomic E-state index is -1.09. The molecule has 0 heterocycles. The van der Waals surface area contributed by atoms with Crippen LogP contribution in [0.15, 0.2) is 72.9 Å². The highest BCUT2D eigenvalue weighted by molar-refractivity contribution is 5.97. The van der Waals surface area contributed by atoms with E-state index in [0.717, 1.165) is 38.5 Å². The molecule has 0 aliphatic carbocycles. The number of rotatable bonds is 18. The summed E-state index contributed by atoms with van der Waals surface area (Å²) in [5, 5.41) is 10.5. The number of carbonyl (C=O) groups is 4. The fourth-order valence-electron chi connectivity index (χ4n) is 2.47. The summed E-state index contributed by atoms with van der Waals surface area (Å²) < 4.78 is 9.30. The number of allylic oxidation sites excluding steroid dienone is 10. The van der Waals surface area contributed by atoms with Crippen molar-refractivity contribution in [3.63, 3.8) is 0 Å². The Kier molecular flexibility index (Phi) is 21.9. The third-order valence-corrected chi connectivity index (χ3v) is 4.22. The molecule has 0 aromatic heterocycles. The number of ether oxygens (including phenoxy) is 2. The molecule has 0 bridgehead atoms. The molecule has 9 heteroatoms. The van der Waals surface area contributed by atoms with Gasteiger partial charge in [0.15, 0.2) is 0 Å². The highest BCUT2D eigenvalue weighted by Crippen LogP contribution is 2.01. The molecule has 2 amide bonds. The van der Waals surface area contributed by atoms with Crippen LogP contribution in [0, 0.1) is 0 Å². The summed E-state index contributed by atoms with van der Waals surface area (Å²) in [6.45, 7) is 2.03. The summed E-state index contributed by atoms with van der Waals surface area (Å²) in [7, 11) is 0. The van der Waals surface area contributed by atoms with E-state index >= 15 is 0 Å². The molecule has 0 aromatic carbocycles.